The number of hydrogen-bond donors (Lipinski definition) is 2. The molecule has 0 bridgehead atoms. The first-order valence-corrected chi connectivity index (χ1v) is 6.61. The van der Waals surface area contributed by atoms with Crippen LogP contribution in [0.1, 0.15) is 11.6 Å². The summed E-state index contributed by atoms with van der Waals surface area (Å²) in [7, 11) is 0. The summed E-state index contributed by atoms with van der Waals surface area (Å²) in [4.78, 5) is 38.9. The predicted molar refractivity (Wildman–Crippen MR) is 81.0 cm³/mol. The molecule has 1 unspecified atom stereocenters. The number of carbonyl (C=O) groups is 1. The van der Waals surface area contributed by atoms with Crippen LogP contribution in [-0.2, 0) is 4.79 Å². The quantitative estimate of drug-likeness (QED) is 0.763. The highest BCUT2D eigenvalue weighted by molar-refractivity contribution is 5.79. The smallest absolute Gasteiger partial charge is 0.331 e. The normalized spacial score (nSPS) is 12.2. The third-order valence-corrected chi connectivity index (χ3v) is 3.44. The zero-order chi connectivity index (χ0) is 15.7. The fourth-order valence-corrected chi connectivity index (χ4v) is 2.45. The highest BCUT2D eigenvalue weighted by atomic mass is 16.4. The second kappa shape index (κ2) is 5.33. The van der Waals surface area contributed by atoms with Gasteiger partial charge in [-0.2, -0.15) is 0 Å². The summed E-state index contributed by atoms with van der Waals surface area (Å²) in [6, 6.07) is 13.3. The third-order valence-electron chi connectivity index (χ3n) is 3.44. The van der Waals surface area contributed by atoms with Gasteiger partial charge in [-0.05, 0) is 17.7 Å². The summed E-state index contributed by atoms with van der Waals surface area (Å²) in [5.74, 6) is -1.27. The Kier molecular flexibility index (Phi) is 3.34. The number of carboxylic acid groups (broad SMARTS) is 1. The number of carboxylic acids is 1. The van der Waals surface area contributed by atoms with E-state index in [1.165, 1.54) is 0 Å². The number of benzene rings is 2. The van der Waals surface area contributed by atoms with Crippen molar-refractivity contribution in [3.63, 3.8) is 0 Å². The molecule has 1 aromatic heterocycles. The Labute approximate surface area is 124 Å². The van der Waals surface area contributed by atoms with Gasteiger partial charge in [-0.15, -0.1) is 0 Å². The Bertz CT molecular complexity index is 957. The van der Waals surface area contributed by atoms with Crippen molar-refractivity contribution >= 4 is 16.9 Å². The molecule has 22 heavy (non-hydrogen) atoms. The average Bonchev–Trinajstić information content (AvgIpc) is 2.52. The van der Waals surface area contributed by atoms with Crippen LogP contribution in [0.4, 0.5) is 0 Å². The minimum Gasteiger partial charge on any atom is -0.479 e. The number of fused-ring (bicyclic) bond motifs is 1. The highest BCUT2D eigenvalue weighted by Crippen LogP contribution is 2.16. The number of aromatic amines is 1. The van der Waals surface area contributed by atoms with Crippen molar-refractivity contribution in [3.05, 3.63) is 81.0 Å². The van der Waals surface area contributed by atoms with Crippen LogP contribution in [0.3, 0.4) is 0 Å². The number of para-hydroxylation sites is 1. The van der Waals surface area contributed by atoms with E-state index in [-0.39, 0.29) is 5.39 Å². The fraction of sp³-hybridized carbons (Fsp3) is 0.0625. The number of aliphatic carboxylic acids is 1. The van der Waals surface area contributed by atoms with Crippen LogP contribution >= 0.6 is 0 Å². The molecular weight excluding hydrogens is 284 g/mol. The van der Waals surface area contributed by atoms with E-state index in [0.29, 0.717) is 11.1 Å². The summed E-state index contributed by atoms with van der Waals surface area (Å²) in [5, 5.41) is 9.76. The number of hydrogen-bond acceptors (Lipinski definition) is 3. The van der Waals surface area contributed by atoms with Gasteiger partial charge in [-0.1, -0.05) is 42.5 Å². The fourth-order valence-electron chi connectivity index (χ4n) is 2.45. The number of nitrogens with zero attached hydrogens (tertiary/aromatic N) is 1. The van der Waals surface area contributed by atoms with Crippen LogP contribution in [0, 0.1) is 0 Å². The Balaban J connectivity index is 2.34. The maximum Gasteiger partial charge on any atom is 0.331 e. The first-order chi connectivity index (χ1) is 10.6. The second-order valence-electron chi connectivity index (χ2n) is 4.80. The van der Waals surface area contributed by atoms with Crippen LogP contribution < -0.4 is 11.2 Å². The largest absolute Gasteiger partial charge is 0.479 e. The predicted octanol–water partition coefficient (Wildman–Crippen LogP) is 1.36. The van der Waals surface area contributed by atoms with Crippen molar-refractivity contribution in [2.24, 2.45) is 0 Å². The SMILES string of the molecule is O=C(O)C(c1ccccc1)n1c(=O)[nH]c2ccccc2c1=O. The van der Waals surface area contributed by atoms with Crippen molar-refractivity contribution in [2.75, 3.05) is 0 Å². The lowest BCUT2D eigenvalue weighted by Crippen LogP contribution is -2.41. The Morgan fingerprint density at radius 3 is 2.32 bits per heavy atom. The van der Waals surface area contributed by atoms with Crippen LogP contribution in [0.5, 0.6) is 0 Å². The molecule has 6 nitrogen and oxygen atoms in total. The lowest BCUT2D eigenvalue weighted by atomic mass is 10.1. The van der Waals surface area contributed by atoms with Gasteiger partial charge in [0.1, 0.15) is 0 Å². The van der Waals surface area contributed by atoms with Crippen molar-refractivity contribution in [1.82, 2.24) is 9.55 Å². The summed E-state index contributed by atoms with van der Waals surface area (Å²) in [6.45, 7) is 0. The van der Waals surface area contributed by atoms with Gasteiger partial charge in [0.25, 0.3) is 5.56 Å². The summed E-state index contributed by atoms with van der Waals surface area (Å²) in [6.07, 6.45) is 0. The topological polar surface area (TPSA) is 92.2 Å². The van der Waals surface area contributed by atoms with Gasteiger partial charge in [0.05, 0.1) is 10.9 Å². The van der Waals surface area contributed by atoms with Crippen LogP contribution in [-0.4, -0.2) is 20.6 Å². The van der Waals surface area contributed by atoms with E-state index < -0.39 is 23.3 Å². The zero-order valence-corrected chi connectivity index (χ0v) is 11.4. The Hall–Kier alpha value is -3.15. The van der Waals surface area contributed by atoms with Crippen molar-refractivity contribution in [3.8, 4) is 0 Å². The molecule has 0 aliphatic carbocycles. The molecule has 3 rings (SSSR count). The van der Waals surface area contributed by atoms with Gasteiger partial charge in [-0.3, -0.25) is 4.79 Å². The summed E-state index contributed by atoms with van der Waals surface area (Å²) >= 11 is 0. The minimum absolute atomic E-state index is 0.268. The van der Waals surface area contributed by atoms with E-state index in [4.69, 9.17) is 0 Å². The average molecular weight is 296 g/mol. The molecule has 0 amide bonds. The Morgan fingerprint density at radius 1 is 1.00 bits per heavy atom. The molecule has 0 aliphatic heterocycles. The Morgan fingerprint density at radius 2 is 1.64 bits per heavy atom. The van der Waals surface area contributed by atoms with Crippen LogP contribution in [0.2, 0.25) is 0 Å². The molecule has 0 fully saturated rings. The van der Waals surface area contributed by atoms with E-state index >= 15 is 0 Å². The van der Waals surface area contributed by atoms with Gasteiger partial charge in [-0.25, -0.2) is 14.2 Å². The van der Waals surface area contributed by atoms with Gasteiger partial charge < -0.3 is 10.1 Å². The molecule has 1 atom stereocenters. The van der Waals surface area contributed by atoms with Gasteiger partial charge >= 0.3 is 11.7 Å². The third kappa shape index (κ3) is 2.20. The van der Waals surface area contributed by atoms with E-state index in [1.54, 1.807) is 54.6 Å². The highest BCUT2D eigenvalue weighted by Gasteiger charge is 2.25. The molecule has 2 N–H and O–H groups in total. The second-order valence-corrected chi connectivity index (χ2v) is 4.80. The maximum atomic E-state index is 12.5. The molecule has 1 heterocycles. The van der Waals surface area contributed by atoms with Crippen molar-refractivity contribution in [2.45, 2.75) is 6.04 Å². The molecule has 6 heteroatoms. The molecule has 0 saturated heterocycles. The minimum atomic E-state index is -1.37. The van der Waals surface area contributed by atoms with E-state index in [0.717, 1.165) is 4.57 Å². The first-order valence-electron chi connectivity index (χ1n) is 6.61. The van der Waals surface area contributed by atoms with E-state index in [1.807, 2.05) is 0 Å². The van der Waals surface area contributed by atoms with Crippen molar-refractivity contribution < 1.29 is 9.90 Å². The number of aromatic nitrogens is 2. The number of H-pyrrole nitrogens is 1. The molecular formula is C16H12N2O4. The van der Waals surface area contributed by atoms with E-state index in [9.17, 15) is 19.5 Å². The van der Waals surface area contributed by atoms with Gasteiger partial charge in [0.2, 0.25) is 0 Å². The lowest BCUT2D eigenvalue weighted by Gasteiger charge is -2.15. The van der Waals surface area contributed by atoms with Gasteiger partial charge in [0, 0.05) is 0 Å². The maximum absolute atomic E-state index is 12.5. The summed E-state index contributed by atoms with van der Waals surface area (Å²) in [5.41, 5.74) is -0.639. The summed E-state index contributed by atoms with van der Waals surface area (Å²) < 4.78 is 0.736. The number of rotatable bonds is 3. The zero-order valence-electron chi connectivity index (χ0n) is 11.4. The molecule has 2 aromatic carbocycles. The molecule has 110 valence electrons. The first kappa shape index (κ1) is 13.8. The van der Waals surface area contributed by atoms with Crippen LogP contribution in [0.15, 0.2) is 64.2 Å². The molecule has 0 spiro atoms. The molecule has 0 aliphatic rings. The van der Waals surface area contributed by atoms with E-state index in [2.05, 4.69) is 4.98 Å². The van der Waals surface area contributed by atoms with Crippen molar-refractivity contribution in [1.29, 1.82) is 0 Å². The van der Waals surface area contributed by atoms with Gasteiger partial charge in [0.15, 0.2) is 6.04 Å². The standard InChI is InChI=1S/C16H12N2O4/c19-14-11-8-4-5-9-12(11)17-16(22)18(14)13(15(20)21)10-6-2-1-3-7-10/h1-9,13H,(H,17,22)(H,20,21). The lowest BCUT2D eigenvalue weighted by molar-refractivity contribution is -0.139. The molecule has 0 saturated carbocycles. The number of nitrogens with one attached hydrogen (secondary N) is 1. The monoisotopic (exact) mass is 296 g/mol. The van der Waals surface area contributed by atoms with Crippen LogP contribution in [0.25, 0.3) is 10.9 Å². The molecule has 0 radical (unpaired) electrons. The molecule has 3 aromatic rings.